The summed E-state index contributed by atoms with van der Waals surface area (Å²) in [6.45, 7) is 1.14. The van der Waals surface area contributed by atoms with E-state index in [9.17, 15) is 14.4 Å². The van der Waals surface area contributed by atoms with Crippen molar-refractivity contribution >= 4 is 55.3 Å². The molecule has 2 aromatic rings. The standard InChI is InChI=1S/C18H16Br2N2O4/c1-11-7-14(5-6-15(11)20)22-16(23)10-26-17(24)9-21-18(25)12-3-2-4-13(19)8-12/h2-8H,9-10H2,1H3,(H,21,25)(H,22,23). The SMILES string of the molecule is Cc1cc(NC(=O)COC(=O)CNC(=O)c2cccc(Br)c2)ccc1Br. The van der Waals surface area contributed by atoms with Crippen LogP contribution in [0.25, 0.3) is 0 Å². The Morgan fingerprint density at radius 3 is 2.54 bits per heavy atom. The molecular formula is C18H16Br2N2O4. The Bertz CT molecular complexity index is 840. The number of hydrogen-bond acceptors (Lipinski definition) is 4. The summed E-state index contributed by atoms with van der Waals surface area (Å²) in [5.41, 5.74) is 1.99. The van der Waals surface area contributed by atoms with Crippen molar-refractivity contribution in [2.75, 3.05) is 18.5 Å². The Morgan fingerprint density at radius 2 is 1.85 bits per heavy atom. The highest BCUT2D eigenvalue weighted by molar-refractivity contribution is 9.10. The highest BCUT2D eigenvalue weighted by Crippen LogP contribution is 2.19. The molecule has 2 N–H and O–H groups in total. The fourth-order valence-electron chi connectivity index (χ4n) is 2.00. The highest BCUT2D eigenvalue weighted by atomic mass is 79.9. The number of aryl methyl sites for hydroxylation is 1. The largest absolute Gasteiger partial charge is 0.454 e. The van der Waals surface area contributed by atoms with E-state index in [1.54, 1.807) is 36.4 Å². The van der Waals surface area contributed by atoms with Gasteiger partial charge in [0.2, 0.25) is 0 Å². The van der Waals surface area contributed by atoms with Gasteiger partial charge in [-0.15, -0.1) is 0 Å². The molecule has 0 unspecified atom stereocenters. The summed E-state index contributed by atoms with van der Waals surface area (Å²) >= 11 is 6.64. The molecule has 2 rings (SSSR count). The second kappa shape index (κ2) is 9.49. The smallest absolute Gasteiger partial charge is 0.325 e. The molecule has 0 fully saturated rings. The van der Waals surface area contributed by atoms with Crippen LogP contribution in [0, 0.1) is 6.92 Å². The van der Waals surface area contributed by atoms with Crippen LogP contribution in [-0.2, 0) is 14.3 Å². The summed E-state index contributed by atoms with van der Waals surface area (Å²) in [4.78, 5) is 35.4. The molecule has 0 saturated carbocycles. The Labute approximate surface area is 167 Å². The number of anilines is 1. The molecule has 0 saturated heterocycles. The first kappa shape index (κ1) is 20.1. The number of ether oxygens (including phenoxy) is 1. The quantitative estimate of drug-likeness (QED) is 0.616. The first-order valence-electron chi connectivity index (χ1n) is 7.60. The van der Waals surface area contributed by atoms with Gasteiger partial charge in [0, 0.05) is 20.2 Å². The number of esters is 1. The minimum absolute atomic E-state index is 0.323. The van der Waals surface area contributed by atoms with E-state index in [2.05, 4.69) is 42.5 Å². The predicted octanol–water partition coefficient (Wildman–Crippen LogP) is 3.43. The van der Waals surface area contributed by atoms with E-state index in [-0.39, 0.29) is 6.54 Å². The Hall–Kier alpha value is -2.19. The first-order valence-corrected chi connectivity index (χ1v) is 9.19. The topological polar surface area (TPSA) is 84.5 Å². The Kier molecular flexibility index (Phi) is 7.35. The molecule has 0 radical (unpaired) electrons. The fourth-order valence-corrected chi connectivity index (χ4v) is 2.65. The highest BCUT2D eigenvalue weighted by Gasteiger charge is 2.11. The molecule has 0 spiro atoms. The summed E-state index contributed by atoms with van der Waals surface area (Å²) in [5.74, 6) is -1.56. The second-order valence-electron chi connectivity index (χ2n) is 5.37. The molecule has 6 nitrogen and oxygen atoms in total. The summed E-state index contributed by atoms with van der Waals surface area (Å²) in [5, 5.41) is 5.07. The van der Waals surface area contributed by atoms with Crippen molar-refractivity contribution in [3.63, 3.8) is 0 Å². The molecule has 0 atom stereocenters. The second-order valence-corrected chi connectivity index (χ2v) is 7.14. The van der Waals surface area contributed by atoms with Gasteiger partial charge in [0.25, 0.3) is 11.8 Å². The lowest BCUT2D eigenvalue weighted by Gasteiger charge is -2.09. The van der Waals surface area contributed by atoms with Gasteiger partial charge in [0.1, 0.15) is 6.54 Å². The van der Waals surface area contributed by atoms with Gasteiger partial charge in [-0.3, -0.25) is 14.4 Å². The van der Waals surface area contributed by atoms with Crippen LogP contribution in [0.1, 0.15) is 15.9 Å². The zero-order valence-corrected chi connectivity index (χ0v) is 17.0. The van der Waals surface area contributed by atoms with Crippen molar-refractivity contribution in [3.05, 3.63) is 62.5 Å². The number of rotatable bonds is 6. The number of carbonyl (C=O) groups is 3. The number of halogens is 2. The van der Waals surface area contributed by atoms with E-state index in [1.807, 2.05) is 13.0 Å². The summed E-state index contributed by atoms with van der Waals surface area (Å²) in [7, 11) is 0. The molecule has 0 aliphatic heterocycles. The Morgan fingerprint density at radius 1 is 1.08 bits per heavy atom. The van der Waals surface area contributed by atoms with Gasteiger partial charge >= 0.3 is 5.97 Å². The molecule has 0 aliphatic carbocycles. The molecule has 136 valence electrons. The van der Waals surface area contributed by atoms with E-state index >= 15 is 0 Å². The van der Waals surface area contributed by atoms with E-state index in [0.717, 1.165) is 14.5 Å². The number of hydrogen-bond donors (Lipinski definition) is 2. The molecule has 8 heteroatoms. The average Bonchev–Trinajstić information content (AvgIpc) is 2.61. The lowest BCUT2D eigenvalue weighted by atomic mass is 10.2. The third kappa shape index (κ3) is 6.27. The zero-order valence-electron chi connectivity index (χ0n) is 13.8. The van der Waals surface area contributed by atoms with Crippen LogP contribution in [0.2, 0.25) is 0 Å². The molecule has 2 amide bonds. The molecule has 2 aromatic carbocycles. The van der Waals surface area contributed by atoms with Crippen LogP contribution in [0.15, 0.2) is 51.4 Å². The summed E-state index contributed by atoms with van der Waals surface area (Å²) in [6.07, 6.45) is 0. The van der Waals surface area contributed by atoms with Crippen molar-refractivity contribution < 1.29 is 19.1 Å². The Balaban J connectivity index is 1.74. The molecule has 0 bridgehead atoms. The molecule has 0 aromatic heterocycles. The number of amides is 2. The van der Waals surface area contributed by atoms with Crippen molar-refractivity contribution in [1.82, 2.24) is 5.32 Å². The van der Waals surface area contributed by atoms with Crippen molar-refractivity contribution in [2.45, 2.75) is 6.92 Å². The summed E-state index contributed by atoms with van der Waals surface area (Å²) < 4.78 is 6.55. The minimum Gasteiger partial charge on any atom is -0.454 e. The van der Waals surface area contributed by atoms with Gasteiger partial charge in [-0.25, -0.2) is 0 Å². The van der Waals surface area contributed by atoms with Gasteiger partial charge < -0.3 is 15.4 Å². The third-order valence-electron chi connectivity index (χ3n) is 3.29. The van der Waals surface area contributed by atoms with Crippen LogP contribution >= 0.6 is 31.9 Å². The molecular weight excluding hydrogens is 468 g/mol. The molecule has 26 heavy (non-hydrogen) atoms. The zero-order chi connectivity index (χ0) is 19.1. The third-order valence-corrected chi connectivity index (χ3v) is 4.67. The van der Waals surface area contributed by atoms with E-state index < -0.39 is 24.4 Å². The van der Waals surface area contributed by atoms with Gasteiger partial charge in [-0.05, 0) is 48.9 Å². The van der Waals surface area contributed by atoms with Crippen LogP contribution < -0.4 is 10.6 Å². The monoisotopic (exact) mass is 482 g/mol. The van der Waals surface area contributed by atoms with E-state index in [4.69, 9.17) is 4.74 Å². The van der Waals surface area contributed by atoms with Gasteiger partial charge in [-0.1, -0.05) is 37.9 Å². The predicted molar refractivity (Wildman–Crippen MR) is 105 cm³/mol. The van der Waals surface area contributed by atoms with Gasteiger partial charge in [-0.2, -0.15) is 0 Å². The van der Waals surface area contributed by atoms with Crippen LogP contribution in [0.5, 0.6) is 0 Å². The van der Waals surface area contributed by atoms with Crippen LogP contribution in [0.3, 0.4) is 0 Å². The lowest BCUT2D eigenvalue weighted by Crippen LogP contribution is -2.32. The minimum atomic E-state index is -0.699. The van der Waals surface area contributed by atoms with E-state index in [0.29, 0.717) is 11.3 Å². The van der Waals surface area contributed by atoms with Crippen LogP contribution in [0.4, 0.5) is 5.69 Å². The first-order chi connectivity index (χ1) is 12.3. The van der Waals surface area contributed by atoms with Crippen molar-refractivity contribution in [2.24, 2.45) is 0 Å². The normalized spacial score (nSPS) is 10.1. The maximum absolute atomic E-state index is 11.9. The fraction of sp³-hybridized carbons (Fsp3) is 0.167. The van der Waals surface area contributed by atoms with Crippen molar-refractivity contribution in [1.29, 1.82) is 0 Å². The molecule has 0 heterocycles. The maximum atomic E-state index is 11.9. The van der Waals surface area contributed by atoms with E-state index in [1.165, 1.54) is 0 Å². The maximum Gasteiger partial charge on any atom is 0.325 e. The number of benzene rings is 2. The number of carbonyl (C=O) groups excluding carboxylic acids is 3. The van der Waals surface area contributed by atoms with Gasteiger partial charge in [0.15, 0.2) is 6.61 Å². The molecule has 0 aliphatic rings. The average molecular weight is 484 g/mol. The van der Waals surface area contributed by atoms with Gasteiger partial charge in [0.05, 0.1) is 0 Å². The number of nitrogens with one attached hydrogen (secondary N) is 2. The van der Waals surface area contributed by atoms with Crippen LogP contribution in [-0.4, -0.2) is 30.9 Å². The summed E-state index contributed by atoms with van der Waals surface area (Å²) in [6, 6.07) is 12.1. The van der Waals surface area contributed by atoms with Crippen molar-refractivity contribution in [3.8, 4) is 0 Å². The lowest BCUT2D eigenvalue weighted by molar-refractivity contribution is -0.146.